The third-order valence-electron chi connectivity index (χ3n) is 1.86. The summed E-state index contributed by atoms with van der Waals surface area (Å²) in [6.45, 7) is 11.4. The lowest BCUT2D eigenvalue weighted by Crippen LogP contribution is -2.29. The molecule has 0 saturated heterocycles. The van der Waals surface area contributed by atoms with Crippen molar-refractivity contribution in [2.24, 2.45) is 0 Å². The van der Waals surface area contributed by atoms with Crippen LogP contribution in [0.15, 0.2) is 0 Å². The molecule has 0 rings (SSSR count). The maximum absolute atomic E-state index is 5.22. The number of hydrogen-bond acceptors (Lipinski definition) is 3. The number of hydroxylamine groups is 1. The minimum absolute atomic E-state index is 0.779. The molecule has 0 saturated carbocycles. The normalized spacial score (nSPS) is 11.0. The Bertz CT molecular complexity index is 84.6. The smallest absolute Gasteiger partial charge is 0.0809 e. The van der Waals surface area contributed by atoms with Crippen molar-refractivity contribution in [3.63, 3.8) is 0 Å². The van der Waals surface area contributed by atoms with Gasteiger partial charge in [-0.25, -0.2) is 5.48 Å². The zero-order valence-electron chi connectivity index (χ0n) is 8.60. The first kappa shape index (κ1) is 11.9. The largest absolute Gasteiger partial charge is 0.302 e. The summed E-state index contributed by atoms with van der Waals surface area (Å²) in [6.07, 6.45) is 1.12. The van der Waals surface area contributed by atoms with Gasteiger partial charge in [-0.2, -0.15) is 0 Å². The van der Waals surface area contributed by atoms with E-state index < -0.39 is 0 Å². The Balaban J connectivity index is 3.06. The van der Waals surface area contributed by atoms with Crippen LogP contribution < -0.4 is 5.48 Å². The molecule has 1 N–H and O–H groups in total. The van der Waals surface area contributed by atoms with Gasteiger partial charge in [0.25, 0.3) is 0 Å². The molecular formula is C9H22N2O. The monoisotopic (exact) mass is 174 g/mol. The quantitative estimate of drug-likeness (QED) is 0.443. The van der Waals surface area contributed by atoms with Gasteiger partial charge in [-0.3, -0.25) is 0 Å². The Morgan fingerprint density at radius 2 is 1.83 bits per heavy atom. The van der Waals surface area contributed by atoms with Gasteiger partial charge < -0.3 is 9.74 Å². The number of nitrogens with zero attached hydrogens (tertiary/aromatic N) is 1. The molecule has 0 bridgehead atoms. The van der Waals surface area contributed by atoms with Crippen LogP contribution in [0, 0.1) is 0 Å². The minimum atomic E-state index is 0.779. The van der Waals surface area contributed by atoms with Crippen molar-refractivity contribution in [2.45, 2.75) is 27.2 Å². The molecule has 0 atom stereocenters. The summed E-state index contributed by atoms with van der Waals surface area (Å²) in [6, 6.07) is 0. The van der Waals surface area contributed by atoms with Gasteiger partial charge in [0.05, 0.1) is 6.61 Å². The average Bonchev–Trinajstić information content (AvgIpc) is 2.11. The van der Waals surface area contributed by atoms with E-state index >= 15 is 0 Å². The Kier molecular flexibility index (Phi) is 8.88. The Hall–Kier alpha value is -0.120. The number of rotatable bonds is 8. The summed E-state index contributed by atoms with van der Waals surface area (Å²) < 4.78 is 0. The molecule has 0 aliphatic heterocycles. The predicted molar refractivity (Wildman–Crippen MR) is 52.0 cm³/mol. The van der Waals surface area contributed by atoms with E-state index in [4.69, 9.17) is 4.84 Å². The second kappa shape index (κ2) is 8.97. The molecule has 3 nitrogen and oxygen atoms in total. The first-order chi connectivity index (χ1) is 5.85. The summed E-state index contributed by atoms with van der Waals surface area (Å²) in [5, 5.41) is 0. The van der Waals surface area contributed by atoms with E-state index in [1.54, 1.807) is 0 Å². The van der Waals surface area contributed by atoms with E-state index in [1.165, 1.54) is 0 Å². The average molecular weight is 174 g/mol. The molecule has 0 aliphatic rings. The van der Waals surface area contributed by atoms with Crippen molar-refractivity contribution >= 4 is 0 Å². The van der Waals surface area contributed by atoms with Crippen molar-refractivity contribution in [3.8, 4) is 0 Å². The third kappa shape index (κ3) is 6.58. The van der Waals surface area contributed by atoms with E-state index in [9.17, 15) is 0 Å². The summed E-state index contributed by atoms with van der Waals surface area (Å²) in [7, 11) is 0. The van der Waals surface area contributed by atoms with Gasteiger partial charge in [0, 0.05) is 13.1 Å². The fourth-order valence-electron chi connectivity index (χ4n) is 0.961. The molecule has 0 aromatic carbocycles. The van der Waals surface area contributed by atoms with Crippen LogP contribution >= 0.6 is 0 Å². The Labute approximate surface area is 76.0 Å². The van der Waals surface area contributed by atoms with Crippen molar-refractivity contribution in [3.05, 3.63) is 0 Å². The maximum atomic E-state index is 5.22. The molecule has 74 valence electrons. The number of hydrogen-bond donors (Lipinski definition) is 1. The zero-order valence-corrected chi connectivity index (χ0v) is 8.60. The number of nitrogens with one attached hydrogen (secondary N) is 1. The standard InChI is InChI=1S/C9H22N2O/c1-4-7-10-12-9-8-11(5-2)6-3/h10H,4-9H2,1-3H3. The van der Waals surface area contributed by atoms with Crippen molar-refractivity contribution < 1.29 is 4.84 Å². The van der Waals surface area contributed by atoms with Crippen LogP contribution in [0.4, 0.5) is 0 Å². The topological polar surface area (TPSA) is 24.5 Å². The molecule has 0 aliphatic carbocycles. The van der Waals surface area contributed by atoms with Crippen molar-refractivity contribution in [1.29, 1.82) is 0 Å². The fourth-order valence-corrected chi connectivity index (χ4v) is 0.961. The molecular weight excluding hydrogens is 152 g/mol. The first-order valence-corrected chi connectivity index (χ1v) is 4.92. The van der Waals surface area contributed by atoms with Crippen LogP contribution in [0.25, 0.3) is 0 Å². The van der Waals surface area contributed by atoms with Crippen LogP contribution in [0.1, 0.15) is 27.2 Å². The second-order valence-electron chi connectivity index (χ2n) is 2.77. The van der Waals surface area contributed by atoms with Gasteiger partial charge in [-0.05, 0) is 19.5 Å². The van der Waals surface area contributed by atoms with Crippen LogP contribution in [-0.2, 0) is 4.84 Å². The van der Waals surface area contributed by atoms with Crippen LogP contribution in [0.5, 0.6) is 0 Å². The van der Waals surface area contributed by atoms with Crippen LogP contribution in [0.2, 0.25) is 0 Å². The van der Waals surface area contributed by atoms with Gasteiger partial charge in [0.2, 0.25) is 0 Å². The molecule has 0 radical (unpaired) electrons. The highest BCUT2D eigenvalue weighted by Crippen LogP contribution is 1.85. The molecule has 0 heterocycles. The lowest BCUT2D eigenvalue weighted by atomic mass is 10.5. The molecule has 12 heavy (non-hydrogen) atoms. The van der Waals surface area contributed by atoms with Crippen molar-refractivity contribution in [2.75, 3.05) is 32.8 Å². The van der Waals surface area contributed by atoms with Gasteiger partial charge in [-0.15, -0.1) is 0 Å². The lowest BCUT2D eigenvalue weighted by Gasteiger charge is -2.17. The molecule has 0 aromatic rings. The van der Waals surface area contributed by atoms with Gasteiger partial charge in [-0.1, -0.05) is 20.8 Å². The molecule has 0 spiro atoms. The number of likely N-dealkylation sites (N-methyl/N-ethyl adjacent to an activating group) is 1. The van der Waals surface area contributed by atoms with E-state index in [0.29, 0.717) is 0 Å². The lowest BCUT2D eigenvalue weighted by molar-refractivity contribution is 0.0278. The molecule has 0 aromatic heterocycles. The van der Waals surface area contributed by atoms with E-state index in [0.717, 1.165) is 39.2 Å². The van der Waals surface area contributed by atoms with E-state index in [1.807, 2.05) is 0 Å². The molecule has 0 unspecified atom stereocenters. The van der Waals surface area contributed by atoms with E-state index in [-0.39, 0.29) is 0 Å². The fraction of sp³-hybridized carbons (Fsp3) is 1.00. The summed E-state index contributed by atoms with van der Waals surface area (Å²) in [5.41, 5.74) is 2.91. The maximum Gasteiger partial charge on any atom is 0.0809 e. The third-order valence-corrected chi connectivity index (χ3v) is 1.86. The zero-order chi connectivity index (χ0) is 9.23. The molecule has 0 fully saturated rings. The summed E-state index contributed by atoms with van der Waals surface area (Å²) in [4.78, 5) is 7.56. The summed E-state index contributed by atoms with van der Waals surface area (Å²) in [5.74, 6) is 0. The van der Waals surface area contributed by atoms with Gasteiger partial charge in [0.15, 0.2) is 0 Å². The van der Waals surface area contributed by atoms with Crippen molar-refractivity contribution in [1.82, 2.24) is 10.4 Å². The molecule has 0 amide bonds. The SMILES string of the molecule is CCCNOCCN(CC)CC. The Morgan fingerprint density at radius 1 is 1.17 bits per heavy atom. The summed E-state index contributed by atoms with van der Waals surface area (Å²) >= 11 is 0. The van der Waals surface area contributed by atoms with Gasteiger partial charge in [0.1, 0.15) is 0 Å². The van der Waals surface area contributed by atoms with Crippen LogP contribution in [0.3, 0.4) is 0 Å². The highest BCUT2D eigenvalue weighted by atomic mass is 16.6. The second-order valence-corrected chi connectivity index (χ2v) is 2.77. The van der Waals surface area contributed by atoms with E-state index in [2.05, 4.69) is 31.2 Å². The minimum Gasteiger partial charge on any atom is -0.302 e. The predicted octanol–water partition coefficient (Wildman–Crippen LogP) is 1.26. The van der Waals surface area contributed by atoms with Crippen LogP contribution in [-0.4, -0.2) is 37.7 Å². The highest BCUT2D eigenvalue weighted by Gasteiger charge is 1.96. The first-order valence-electron chi connectivity index (χ1n) is 4.92. The highest BCUT2D eigenvalue weighted by molar-refractivity contribution is 4.49. The molecule has 3 heteroatoms. The van der Waals surface area contributed by atoms with Gasteiger partial charge >= 0.3 is 0 Å². The Morgan fingerprint density at radius 3 is 2.33 bits per heavy atom.